The summed E-state index contributed by atoms with van der Waals surface area (Å²) in [5.41, 5.74) is 9.04. The molecule has 0 aromatic rings. The molecule has 1 saturated carbocycles. The molecule has 0 aromatic heterocycles. The second-order valence-electron chi connectivity index (χ2n) is 10.1. The number of hydrogen-bond acceptors (Lipinski definition) is 8. The summed E-state index contributed by atoms with van der Waals surface area (Å²) in [5.74, 6) is 2.41. The number of ether oxygens (including phenoxy) is 2. The van der Waals surface area contributed by atoms with Crippen molar-refractivity contribution in [3.05, 3.63) is 35.4 Å². The molecule has 2 aliphatic carbocycles. The van der Waals surface area contributed by atoms with Gasteiger partial charge in [-0.15, -0.1) is 0 Å². The first kappa shape index (κ1) is 20.1. The SMILES string of the molecule is CC1(OC2=CC=C3NN[C@@H](C4=CC(N5CCC6(CC5)CNC(=O)CO6)=NCN4)[C@H]3C2)CC1. The predicted molar refractivity (Wildman–Crippen MR) is 119 cm³/mol. The van der Waals surface area contributed by atoms with Crippen LogP contribution in [0.4, 0.5) is 0 Å². The summed E-state index contributed by atoms with van der Waals surface area (Å²) in [7, 11) is 0. The minimum Gasteiger partial charge on any atom is -0.492 e. The fourth-order valence-corrected chi connectivity index (χ4v) is 5.24. The minimum absolute atomic E-state index is 0.0168. The number of piperidine rings is 1. The average Bonchev–Trinajstić information content (AvgIpc) is 3.38. The van der Waals surface area contributed by atoms with E-state index in [-0.39, 0.29) is 29.8 Å². The summed E-state index contributed by atoms with van der Waals surface area (Å²) >= 11 is 0. The Bertz CT molecular complexity index is 914. The van der Waals surface area contributed by atoms with Crippen molar-refractivity contribution < 1.29 is 14.3 Å². The third-order valence-electron chi connectivity index (χ3n) is 7.64. The summed E-state index contributed by atoms with van der Waals surface area (Å²) in [6.45, 7) is 5.31. The Hall–Kier alpha value is -2.52. The van der Waals surface area contributed by atoms with Crippen LogP contribution in [-0.2, 0) is 14.3 Å². The van der Waals surface area contributed by atoms with Gasteiger partial charge in [0.1, 0.15) is 24.7 Å². The number of hydrogen-bond donors (Lipinski definition) is 4. The standard InChI is InChI=1S/C23H32N6O3/c1-22(4-5-22)32-15-2-3-17-16(10-15)21(28-27-17)18-11-19(26-14-25-18)29-8-6-23(7-9-29)13-24-20(30)12-31-23/h2-3,11,16,21,25,27-28H,4-10,12-14H2,1H3,(H,24,30)/t16-,21+/m0/s1. The first-order chi connectivity index (χ1) is 15.5. The molecule has 2 atom stereocenters. The highest BCUT2D eigenvalue weighted by Gasteiger charge is 2.43. The Morgan fingerprint density at radius 2 is 2.00 bits per heavy atom. The van der Waals surface area contributed by atoms with Crippen LogP contribution in [-0.4, -0.2) is 66.8 Å². The lowest BCUT2D eigenvalue weighted by molar-refractivity contribution is -0.148. The Labute approximate surface area is 188 Å². The molecule has 0 unspecified atom stereocenters. The van der Waals surface area contributed by atoms with Gasteiger partial charge in [0.25, 0.3) is 0 Å². The number of nitrogens with zero attached hydrogens (tertiary/aromatic N) is 2. The second kappa shape index (κ2) is 7.52. The first-order valence-corrected chi connectivity index (χ1v) is 11.8. The lowest BCUT2D eigenvalue weighted by Gasteiger charge is -2.44. The van der Waals surface area contributed by atoms with Crippen LogP contribution in [0.25, 0.3) is 0 Å². The molecule has 4 aliphatic heterocycles. The van der Waals surface area contributed by atoms with Gasteiger partial charge in [0.15, 0.2) is 0 Å². The molecule has 6 aliphatic rings. The van der Waals surface area contributed by atoms with Gasteiger partial charge in [-0.25, -0.2) is 10.4 Å². The van der Waals surface area contributed by atoms with Crippen molar-refractivity contribution in [2.45, 2.75) is 56.3 Å². The molecular weight excluding hydrogens is 408 g/mol. The number of likely N-dealkylation sites (tertiary alicyclic amines) is 1. The van der Waals surface area contributed by atoms with E-state index in [4.69, 9.17) is 14.5 Å². The molecule has 0 radical (unpaired) electrons. The van der Waals surface area contributed by atoms with Crippen LogP contribution >= 0.6 is 0 Å². The largest absolute Gasteiger partial charge is 0.492 e. The third kappa shape index (κ3) is 3.77. The molecule has 3 saturated heterocycles. The van der Waals surface area contributed by atoms with E-state index in [1.54, 1.807) is 0 Å². The van der Waals surface area contributed by atoms with E-state index < -0.39 is 0 Å². The highest BCUT2D eigenvalue weighted by molar-refractivity contribution is 5.94. The van der Waals surface area contributed by atoms with Crippen LogP contribution in [0, 0.1) is 5.92 Å². The number of amidine groups is 1. The molecule has 1 amide bonds. The Balaban J connectivity index is 1.11. The molecule has 32 heavy (non-hydrogen) atoms. The number of amides is 1. The maximum atomic E-state index is 11.4. The van der Waals surface area contributed by atoms with Gasteiger partial charge in [-0.2, -0.15) is 0 Å². The van der Waals surface area contributed by atoms with E-state index in [1.165, 1.54) is 5.70 Å². The van der Waals surface area contributed by atoms with Crippen LogP contribution in [0.1, 0.15) is 39.0 Å². The molecule has 0 aromatic carbocycles. The van der Waals surface area contributed by atoms with E-state index in [0.717, 1.165) is 62.5 Å². The van der Waals surface area contributed by atoms with Gasteiger partial charge in [-0.05, 0) is 44.8 Å². The molecule has 0 bridgehead atoms. The van der Waals surface area contributed by atoms with Crippen LogP contribution in [0.15, 0.2) is 40.4 Å². The lowest BCUT2D eigenvalue weighted by atomic mass is 9.88. The molecular formula is C23H32N6O3. The maximum absolute atomic E-state index is 11.4. The fourth-order valence-electron chi connectivity index (χ4n) is 5.24. The van der Waals surface area contributed by atoms with Crippen LogP contribution in [0.3, 0.4) is 0 Å². The summed E-state index contributed by atoms with van der Waals surface area (Å²) in [5, 5.41) is 6.44. The van der Waals surface area contributed by atoms with E-state index in [9.17, 15) is 4.79 Å². The molecule has 9 nitrogen and oxygen atoms in total. The number of carbonyl (C=O) groups is 1. The number of hydrazine groups is 1. The molecule has 9 heteroatoms. The predicted octanol–water partition coefficient (Wildman–Crippen LogP) is 0.644. The van der Waals surface area contributed by atoms with Gasteiger partial charge in [0, 0.05) is 49.4 Å². The normalized spacial score (nSPS) is 32.4. The molecule has 4 fully saturated rings. The minimum atomic E-state index is -0.218. The molecule has 1 spiro atoms. The van der Waals surface area contributed by atoms with Gasteiger partial charge >= 0.3 is 0 Å². The van der Waals surface area contributed by atoms with E-state index >= 15 is 0 Å². The molecule has 4 heterocycles. The lowest BCUT2D eigenvalue weighted by Crippen LogP contribution is -2.58. The summed E-state index contributed by atoms with van der Waals surface area (Å²) < 4.78 is 12.2. The summed E-state index contributed by atoms with van der Waals surface area (Å²) in [4.78, 5) is 18.5. The van der Waals surface area contributed by atoms with Crippen LogP contribution in [0.5, 0.6) is 0 Å². The number of aliphatic imine (C=N–C) groups is 1. The summed E-state index contributed by atoms with van der Waals surface area (Å²) in [6, 6.07) is 0.152. The van der Waals surface area contributed by atoms with Gasteiger partial charge in [-0.3, -0.25) is 4.79 Å². The van der Waals surface area contributed by atoms with E-state index in [1.807, 2.05) is 0 Å². The van der Waals surface area contributed by atoms with Gasteiger partial charge in [0.2, 0.25) is 5.91 Å². The Morgan fingerprint density at radius 1 is 1.16 bits per heavy atom. The highest BCUT2D eigenvalue weighted by Crippen LogP contribution is 2.43. The Kier molecular flexibility index (Phi) is 4.73. The highest BCUT2D eigenvalue weighted by atomic mass is 16.5. The van der Waals surface area contributed by atoms with Crippen molar-refractivity contribution in [3.63, 3.8) is 0 Å². The van der Waals surface area contributed by atoms with E-state index in [2.05, 4.69) is 51.5 Å². The molecule has 4 N–H and O–H groups in total. The van der Waals surface area contributed by atoms with Crippen molar-refractivity contribution in [3.8, 4) is 0 Å². The van der Waals surface area contributed by atoms with Gasteiger partial charge in [-0.1, -0.05) is 0 Å². The average molecular weight is 441 g/mol. The van der Waals surface area contributed by atoms with Crippen molar-refractivity contribution in [2.24, 2.45) is 10.9 Å². The summed E-state index contributed by atoms with van der Waals surface area (Å²) in [6.07, 6.45) is 11.4. The number of morpholine rings is 1. The molecule has 6 rings (SSSR count). The number of rotatable bonds is 3. The molecule has 172 valence electrons. The zero-order valence-corrected chi connectivity index (χ0v) is 18.6. The van der Waals surface area contributed by atoms with Gasteiger partial charge in [0.05, 0.1) is 17.4 Å². The second-order valence-corrected chi connectivity index (χ2v) is 10.1. The number of carbonyl (C=O) groups excluding carboxylic acids is 1. The van der Waals surface area contributed by atoms with Crippen molar-refractivity contribution in [2.75, 3.05) is 32.9 Å². The van der Waals surface area contributed by atoms with Crippen LogP contribution in [0.2, 0.25) is 0 Å². The number of allylic oxidation sites excluding steroid dienone is 3. The quantitative estimate of drug-likeness (QED) is 0.511. The third-order valence-corrected chi connectivity index (χ3v) is 7.64. The van der Waals surface area contributed by atoms with Gasteiger partial charge < -0.3 is 30.4 Å². The van der Waals surface area contributed by atoms with Crippen molar-refractivity contribution in [1.29, 1.82) is 0 Å². The first-order valence-electron chi connectivity index (χ1n) is 11.8. The number of nitrogens with one attached hydrogen (secondary N) is 4. The Morgan fingerprint density at radius 3 is 2.75 bits per heavy atom. The zero-order chi connectivity index (χ0) is 21.8. The topological polar surface area (TPSA) is 99.2 Å². The number of fused-ring (bicyclic) bond motifs is 1. The smallest absolute Gasteiger partial charge is 0.246 e. The van der Waals surface area contributed by atoms with Crippen molar-refractivity contribution >= 4 is 11.7 Å². The van der Waals surface area contributed by atoms with Crippen LogP contribution < -0.4 is 21.5 Å². The fraction of sp³-hybridized carbons (Fsp3) is 0.652. The zero-order valence-electron chi connectivity index (χ0n) is 18.6. The van der Waals surface area contributed by atoms with E-state index in [0.29, 0.717) is 19.1 Å². The maximum Gasteiger partial charge on any atom is 0.246 e. The van der Waals surface area contributed by atoms with Crippen molar-refractivity contribution in [1.82, 2.24) is 26.4 Å². The monoisotopic (exact) mass is 440 g/mol.